The number of rotatable bonds is 4. The first kappa shape index (κ1) is 13.2. The van der Waals surface area contributed by atoms with Crippen molar-refractivity contribution < 1.29 is 9.15 Å². The van der Waals surface area contributed by atoms with Gasteiger partial charge in [0.25, 0.3) is 0 Å². The molecule has 2 aromatic rings. The van der Waals surface area contributed by atoms with Crippen LogP contribution in [0.5, 0.6) is 5.75 Å². The molecular formula is C15H17BrO2. The molecule has 0 aliphatic rings. The van der Waals surface area contributed by atoms with E-state index >= 15 is 0 Å². The Labute approximate surface area is 116 Å². The number of benzene rings is 1. The smallest absolute Gasteiger partial charge is 0.124 e. The van der Waals surface area contributed by atoms with Gasteiger partial charge in [0.1, 0.15) is 22.1 Å². The molecule has 2 nitrogen and oxygen atoms in total. The molecule has 1 heterocycles. The normalized spacial score (nSPS) is 12.4. The second-order valence-corrected chi connectivity index (χ2v) is 5.20. The number of ether oxygens (including phenoxy) is 1. The first-order valence-electron chi connectivity index (χ1n) is 6.05. The highest BCUT2D eigenvalue weighted by Gasteiger charge is 2.18. The van der Waals surface area contributed by atoms with E-state index in [1.165, 1.54) is 5.56 Å². The summed E-state index contributed by atoms with van der Waals surface area (Å²) in [7, 11) is 0. The lowest BCUT2D eigenvalue weighted by Crippen LogP contribution is -1.99. The van der Waals surface area contributed by atoms with Gasteiger partial charge in [-0.25, -0.2) is 0 Å². The Balaban J connectivity index is 2.39. The number of hydrogen-bond donors (Lipinski definition) is 0. The molecule has 1 aromatic heterocycles. The molecule has 0 fully saturated rings. The molecule has 0 bridgehead atoms. The molecule has 0 aliphatic heterocycles. The van der Waals surface area contributed by atoms with Gasteiger partial charge in [-0.2, -0.15) is 0 Å². The standard InChI is InChI=1S/C15H17BrO2/c1-4-17-13-7-5-10(2)9-12(13)15(16)14-8-6-11(3)18-14/h5-9,15H,4H2,1-3H3. The number of aryl methyl sites for hydroxylation is 2. The minimum atomic E-state index is 0.0210. The summed E-state index contributed by atoms with van der Waals surface area (Å²) in [6.45, 7) is 6.67. The van der Waals surface area contributed by atoms with Gasteiger partial charge in [-0.3, -0.25) is 0 Å². The third-order valence-corrected chi connectivity index (χ3v) is 3.69. The Hall–Kier alpha value is -1.22. The zero-order chi connectivity index (χ0) is 13.1. The van der Waals surface area contributed by atoms with Crippen molar-refractivity contribution >= 4 is 15.9 Å². The molecule has 0 radical (unpaired) electrons. The van der Waals surface area contributed by atoms with Crippen molar-refractivity contribution in [3.63, 3.8) is 0 Å². The van der Waals surface area contributed by atoms with Crippen LogP contribution in [0.25, 0.3) is 0 Å². The number of furan rings is 1. The molecular weight excluding hydrogens is 292 g/mol. The van der Waals surface area contributed by atoms with Crippen LogP contribution >= 0.6 is 15.9 Å². The highest BCUT2D eigenvalue weighted by atomic mass is 79.9. The fourth-order valence-electron chi connectivity index (χ4n) is 1.90. The molecule has 0 saturated carbocycles. The molecule has 96 valence electrons. The average Bonchev–Trinajstić information content (AvgIpc) is 2.77. The van der Waals surface area contributed by atoms with Gasteiger partial charge >= 0.3 is 0 Å². The minimum Gasteiger partial charge on any atom is -0.494 e. The van der Waals surface area contributed by atoms with E-state index in [0.29, 0.717) is 6.61 Å². The molecule has 0 aliphatic carbocycles. The summed E-state index contributed by atoms with van der Waals surface area (Å²) in [6, 6.07) is 10.2. The van der Waals surface area contributed by atoms with Crippen LogP contribution < -0.4 is 4.74 Å². The Bertz CT molecular complexity index is 531. The summed E-state index contributed by atoms with van der Waals surface area (Å²) >= 11 is 3.69. The van der Waals surface area contributed by atoms with E-state index in [2.05, 4.69) is 35.0 Å². The second-order valence-electron chi connectivity index (χ2n) is 4.29. The fourth-order valence-corrected chi connectivity index (χ4v) is 2.50. The number of alkyl halides is 1. The van der Waals surface area contributed by atoms with Crippen LogP contribution in [0, 0.1) is 13.8 Å². The molecule has 0 N–H and O–H groups in total. The summed E-state index contributed by atoms with van der Waals surface area (Å²) in [5.74, 6) is 2.72. The first-order valence-corrected chi connectivity index (χ1v) is 6.97. The summed E-state index contributed by atoms with van der Waals surface area (Å²) in [6.07, 6.45) is 0. The van der Waals surface area contributed by atoms with Crippen LogP contribution in [0.1, 0.15) is 34.4 Å². The molecule has 0 spiro atoms. The van der Waals surface area contributed by atoms with E-state index in [-0.39, 0.29) is 4.83 Å². The zero-order valence-electron chi connectivity index (χ0n) is 10.9. The predicted octanol–water partition coefficient (Wildman–Crippen LogP) is 4.78. The van der Waals surface area contributed by atoms with Gasteiger partial charge in [0.05, 0.1) is 6.61 Å². The summed E-state index contributed by atoms with van der Waals surface area (Å²) in [5, 5.41) is 0. The van der Waals surface area contributed by atoms with Gasteiger partial charge in [-0.15, -0.1) is 0 Å². The van der Waals surface area contributed by atoms with Crippen molar-refractivity contribution in [2.75, 3.05) is 6.61 Å². The lowest BCUT2D eigenvalue weighted by molar-refractivity contribution is 0.336. The maximum Gasteiger partial charge on any atom is 0.124 e. The SMILES string of the molecule is CCOc1ccc(C)cc1C(Br)c1ccc(C)o1. The zero-order valence-corrected chi connectivity index (χ0v) is 12.5. The maximum absolute atomic E-state index is 5.67. The van der Waals surface area contributed by atoms with Crippen LogP contribution in [0.15, 0.2) is 34.7 Å². The van der Waals surface area contributed by atoms with Gasteiger partial charge in [0, 0.05) is 5.56 Å². The van der Waals surface area contributed by atoms with E-state index in [1.54, 1.807) is 0 Å². The van der Waals surface area contributed by atoms with Gasteiger partial charge in [0.2, 0.25) is 0 Å². The molecule has 0 amide bonds. The molecule has 1 unspecified atom stereocenters. The molecule has 2 rings (SSSR count). The fraction of sp³-hybridized carbons (Fsp3) is 0.333. The Morgan fingerprint density at radius 2 is 2.00 bits per heavy atom. The summed E-state index contributed by atoms with van der Waals surface area (Å²) in [4.78, 5) is 0.0210. The van der Waals surface area contributed by atoms with E-state index in [9.17, 15) is 0 Å². The number of hydrogen-bond acceptors (Lipinski definition) is 2. The van der Waals surface area contributed by atoms with Gasteiger partial charge in [-0.05, 0) is 39.0 Å². The largest absolute Gasteiger partial charge is 0.494 e. The van der Waals surface area contributed by atoms with E-state index < -0.39 is 0 Å². The lowest BCUT2D eigenvalue weighted by Gasteiger charge is -2.14. The monoisotopic (exact) mass is 308 g/mol. The highest BCUT2D eigenvalue weighted by molar-refractivity contribution is 9.09. The van der Waals surface area contributed by atoms with Crippen LogP contribution in [0.3, 0.4) is 0 Å². The molecule has 3 heteroatoms. The summed E-state index contributed by atoms with van der Waals surface area (Å²) < 4.78 is 11.3. The van der Waals surface area contributed by atoms with E-state index in [0.717, 1.165) is 22.8 Å². The lowest BCUT2D eigenvalue weighted by atomic mass is 10.1. The summed E-state index contributed by atoms with van der Waals surface area (Å²) in [5.41, 5.74) is 2.31. The van der Waals surface area contributed by atoms with Crippen LogP contribution in [0.2, 0.25) is 0 Å². The van der Waals surface area contributed by atoms with E-state index in [4.69, 9.17) is 9.15 Å². The third-order valence-electron chi connectivity index (χ3n) is 2.75. The molecule has 1 aromatic carbocycles. The number of halogens is 1. The maximum atomic E-state index is 5.67. The van der Waals surface area contributed by atoms with Crippen molar-refractivity contribution in [1.82, 2.24) is 0 Å². The van der Waals surface area contributed by atoms with Gasteiger partial charge in [0.15, 0.2) is 0 Å². The third kappa shape index (κ3) is 2.78. The van der Waals surface area contributed by atoms with Crippen LogP contribution in [-0.4, -0.2) is 6.61 Å². The first-order chi connectivity index (χ1) is 8.61. The Kier molecular flexibility index (Phi) is 4.12. The van der Waals surface area contributed by atoms with Crippen molar-refractivity contribution in [1.29, 1.82) is 0 Å². The quantitative estimate of drug-likeness (QED) is 0.758. The molecule has 18 heavy (non-hydrogen) atoms. The van der Waals surface area contributed by atoms with Gasteiger partial charge < -0.3 is 9.15 Å². The molecule has 0 saturated heterocycles. The Morgan fingerprint density at radius 1 is 1.22 bits per heavy atom. The van der Waals surface area contributed by atoms with Crippen molar-refractivity contribution in [2.45, 2.75) is 25.6 Å². The average molecular weight is 309 g/mol. The van der Waals surface area contributed by atoms with Crippen molar-refractivity contribution in [3.8, 4) is 5.75 Å². The molecule has 1 atom stereocenters. The van der Waals surface area contributed by atoms with Crippen LogP contribution in [-0.2, 0) is 0 Å². The van der Waals surface area contributed by atoms with Crippen molar-refractivity contribution in [2.24, 2.45) is 0 Å². The van der Waals surface area contributed by atoms with Gasteiger partial charge in [-0.1, -0.05) is 33.6 Å². The predicted molar refractivity (Wildman–Crippen MR) is 76.6 cm³/mol. The Morgan fingerprint density at radius 3 is 2.61 bits per heavy atom. The van der Waals surface area contributed by atoms with E-state index in [1.807, 2.05) is 32.0 Å². The second kappa shape index (κ2) is 5.61. The topological polar surface area (TPSA) is 22.4 Å². The van der Waals surface area contributed by atoms with Crippen LogP contribution in [0.4, 0.5) is 0 Å². The highest BCUT2D eigenvalue weighted by Crippen LogP contribution is 2.37. The van der Waals surface area contributed by atoms with Crippen molar-refractivity contribution in [3.05, 3.63) is 53.0 Å². The minimum absolute atomic E-state index is 0.0210.